The first kappa shape index (κ1) is 10.3. The smallest absolute Gasteiger partial charge is 0.154 e. The summed E-state index contributed by atoms with van der Waals surface area (Å²) < 4.78 is 0. The van der Waals surface area contributed by atoms with Gasteiger partial charge in [0.05, 0.1) is 5.69 Å². The number of rotatable bonds is 1. The molecule has 4 heteroatoms. The average Bonchev–Trinajstić information content (AvgIpc) is 2.24. The molecule has 2 aromatic rings. The van der Waals surface area contributed by atoms with Crippen LogP contribution < -0.4 is 5.73 Å². The van der Waals surface area contributed by atoms with E-state index in [0.29, 0.717) is 10.8 Å². The first-order chi connectivity index (χ1) is 7.18. The summed E-state index contributed by atoms with van der Waals surface area (Å²) in [5.74, 6) is 0. The Morgan fingerprint density at radius 1 is 1.07 bits per heavy atom. The van der Waals surface area contributed by atoms with E-state index in [2.05, 4.69) is 4.98 Å². The van der Waals surface area contributed by atoms with Gasteiger partial charge in [-0.15, -0.1) is 0 Å². The van der Waals surface area contributed by atoms with Gasteiger partial charge >= 0.3 is 0 Å². The third-order valence-electron chi connectivity index (χ3n) is 2.07. The monoisotopic (exact) mass is 238 g/mol. The Morgan fingerprint density at radius 3 is 2.40 bits per heavy atom. The summed E-state index contributed by atoms with van der Waals surface area (Å²) in [6, 6.07) is 11.4. The maximum absolute atomic E-state index is 5.85. The summed E-state index contributed by atoms with van der Waals surface area (Å²) in [5, 5.41) is 0.578. The Bertz CT molecular complexity index is 483. The highest BCUT2D eigenvalue weighted by Gasteiger charge is 2.08. The van der Waals surface area contributed by atoms with E-state index in [1.807, 2.05) is 30.3 Å². The van der Waals surface area contributed by atoms with Crippen LogP contribution in [0.1, 0.15) is 0 Å². The summed E-state index contributed by atoms with van der Waals surface area (Å²) in [7, 11) is 0. The van der Waals surface area contributed by atoms with E-state index in [1.165, 1.54) is 0 Å². The molecule has 0 aliphatic heterocycles. The van der Waals surface area contributed by atoms with Gasteiger partial charge in [0.25, 0.3) is 0 Å². The molecule has 0 fully saturated rings. The summed E-state index contributed by atoms with van der Waals surface area (Å²) in [6.45, 7) is 0. The number of hydrogen-bond donors (Lipinski definition) is 1. The molecule has 1 aromatic carbocycles. The standard InChI is InChI=1S/C11H8Cl2N2/c12-9-6-8(10(14)11(13)15-9)7-4-2-1-3-5-7/h1-6H,14H2. The van der Waals surface area contributed by atoms with Crippen LogP contribution in [0, 0.1) is 0 Å². The number of nitrogens with zero attached hydrogens (tertiary/aromatic N) is 1. The number of halogens is 2. The van der Waals surface area contributed by atoms with Crippen LogP contribution in [0.15, 0.2) is 36.4 Å². The molecule has 15 heavy (non-hydrogen) atoms. The number of pyridine rings is 1. The molecule has 0 aliphatic carbocycles. The molecule has 2 rings (SSSR count). The van der Waals surface area contributed by atoms with Crippen molar-refractivity contribution in [3.05, 3.63) is 46.7 Å². The SMILES string of the molecule is Nc1c(-c2ccccc2)cc(Cl)nc1Cl. The van der Waals surface area contributed by atoms with Crippen molar-refractivity contribution >= 4 is 28.9 Å². The molecular weight excluding hydrogens is 231 g/mol. The molecule has 0 amide bonds. The predicted octanol–water partition coefficient (Wildman–Crippen LogP) is 3.64. The molecule has 2 N–H and O–H groups in total. The fourth-order valence-electron chi connectivity index (χ4n) is 1.35. The highest BCUT2D eigenvalue weighted by Crippen LogP contribution is 2.32. The number of aromatic nitrogens is 1. The lowest BCUT2D eigenvalue weighted by atomic mass is 10.1. The Balaban J connectivity index is 2.63. The van der Waals surface area contributed by atoms with E-state index < -0.39 is 0 Å². The van der Waals surface area contributed by atoms with E-state index in [0.717, 1.165) is 11.1 Å². The molecule has 0 aliphatic rings. The van der Waals surface area contributed by atoms with Crippen molar-refractivity contribution in [3.8, 4) is 11.1 Å². The number of hydrogen-bond acceptors (Lipinski definition) is 2. The van der Waals surface area contributed by atoms with Gasteiger partial charge in [0.15, 0.2) is 5.15 Å². The minimum Gasteiger partial charge on any atom is -0.396 e. The van der Waals surface area contributed by atoms with Crippen molar-refractivity contribution in [2.24, 2.45) is 0 Å². The average molecular weight is 239 g/mol. The normalized spacial score (nSPS) is 10.3. The molecule has 2 nitrogen and oxygen atoms in total. The Morgan fingerprint density at radius 2 is 1.73 bits per heavy atom. The van der Waals surface area contributed by atoms with Crippen molar-refractivity contribution in [2.75, 3.05) is 5.73 Å². The van der Waals surface area contributed by atoms with Crippen molar-refractivity contribution in [2.45, 2.75) is 0 Å². The van der Waals surface area contributed by atoms with E-state index in [1.54, 1.807) is 6.07 Å². The predicted molar refractivity (Wildman–Crippen MR) is 64.1 cm³/mol. The van der Waals surface area contributed by atoms with Crippen molar-refractivity contribution in [1.29, 1.82) is 0 Å². The molecule has 76 valence electrons. The summed E-state index contributed by atoms with van der Waals surface area (Å²) >= 11 is 11.7. The third kappa shape index (κ3) is 2.06. The number of benzene rings is 1. The van der Waals surface area contributed by atoms with Gasteiger partial charge in [-0.2, -0.15) is 0 Å². The van der Waals surface area contributed by atoms with E-state index >= 15 is 0 Å². The maximum Gasteiger partial charge on any atom is 0.154 e. The number of nitrogens with two attached hydrogens (primary N) is 1. The van der Waals surface area contributed by atoms with Crippen molar-refractivity contribution < 1.29 is 0 Å². The lowest BCUT2D eigenvalue weighted by Gasteiger charge is -2.07. The van der Waals surface area contributed by atoms with Crippen LogP contribution in [0.25, 0.3) is 11.1 Å². The third-order valence-corrected chi connectivity index (χ3v) is 2.55. The minimum absolute atomic E-state index is 0.237. The quantitative estimate of drug-likeness (QED) is 0.771. The maximum atomic E-state index is 5.85. The summed E-state index contributed by atoms with van der Waals surface area (Å²) in [4.78, 5) is 3.87. The largest absolute Gasteiger partial charge is 0.396 e. The molecule has 0 radical (unpaired) electrons. The van der Waals surface area contributed by atoms with Crippen LogP contribution in [-0.2, 0) is 0 Å². The molecule has 1 heterocycles. The molecule has 1 aromatic heterocycles. The van der Waals surface area contributed by atoms with Crippen LogP contribution in [0.4, 0.5) is 5.69 Å². The second kappa shape index (κ2) is 4.09. The fraction of sp³-hybridized carbons (Fsp3) is 0. The first-order valence-corrected chi connectivity index (χ1v) is 5.11. The molecule has 0 spiro atoms. The lowest BCUT2D eigenvalue weighted by Crippen LogP contribution is -1.94. The minimum atomic E-state index is 0.237. The number of nitrogen functional groups attached to an aromatic ring is 1. The molecule has 0 saturated carbocycles. The second-order valence-electron chi connectivity index (χ2n) is 3.06. The zero-order valence-corrected chi connectivity index (χ0v) is 9.26. The van der Waals surface area contributed by atoms with Gasteiger partial charge in [-0.3, -0.25) is 0 Å². The molecule has 0 saturated heterocycles. The van der Waals surface area contributed by atoms with E-state index in [9.17, 15) is 0 Å². The van der Waals surface area contributed by atoms with Gasteiger partial charge in [-0.1, -0.05) is 53.5 Å². The Hall–Kier alpha value is -1.25. The van der Waals surface area contributed by atoms with Crippen LogP contribution in [0.3, 0.4) is 0 Å². The van der Waals surface area contributed by atoms with Gasteiger partial charge in [0.1, 0.15) is 5.15 Å². The van der Waals surface area contributed by atoms with Crippen LogP contribution in [0.2, 0.25) is 10.3 Å². The Labute approximate surface area is 97.7 Å². The van der Waals surface area contributed by atoms with Gasteiger partial charge in [0.2, 0.25) is 0 Å². The topological polar surface area (TPSA) is 38.9 Å². The summed E-state index contributed by atoms with van der Waals surface area (Å²) in [5.41, 5.74) is 8.06. The fourth-order valence-corrected chi connectivity index (χ4v) is 1.78. The van der Waals surface area contributed by atoms with Crippen LogP contribution in [0.5, 0.6) is 0 Å². The van der Waals surface area contributed by atoms with Crippen LogP contribution >= 0.6 is 23.2 Å². The van der Waals surface area contributed by atoms with E-state index in [-0.39, 0.29) is 5.15 Å². The molecule has 0 unspecified atom stereocenters. The highest BCUT2D eigenvalue weighted by molar-refractivity contribution is 6.35. The zero-order chi connectivity index (χ0) is 10.8. The number of anilines is 1. The summed E-state index contributed by atoms with van der Waals surface area (Å²) in [6.07, 6.45) is 0. The zero-order valence-electron chi connectivity index (χ0n) is 7.74. The second-order valence-corrected chi connectivity index (χ2v) is 3.81. The van der Waals surface area contributed by atoms with Gasteiger partial charge < -0.3 is 5.73 Å². The van der Waals surface area contributed by atoms with Gasteiger partial charge in [-0.25, -0.2) is 4.98 Å². The van der Waals surface area contributed by atoms with Gasteiger partial charge in [0, 0.05) is 5.56 Å². The molecular formula is C11H8Cl2N2. The molecule has 0 atom stereocenters. The Kier molecular flexibility index (Phi) is 2.80. The van der Waals surface area contributed by atoms with Crippen molar-refractivity contribution in [1.82, 2.24) is 4.98 Å². The van der Waals surface area contributed by atoms with Crippen LogP contribution in [-0.4, -0.2) is 4.98 Å². The lowest BCUT2D eigenvalue weighted by molar-refractivity contribution is 1.33. The highest BCUT2D eigenvalue weighted by atomic mass is 35.5. The van der Waals surface area contributed by atoms with E-state index in [4.69, 9.17) is 28.9 Å². The molecule has 0 bridgehead atoms. The first-order valence-electron chi connectivity index (χ1n) is 4.35. The van der Waals surface area contributed by atoms with Crippen molar-refractivity contribution in [3.63, 3.8) is 0 Å². The van der Waals surface area contributed by atoms with Gasteiger partial charge in [-0.05, 0) is 11.6 Å².